The number of sulfonamides is 1. The van der Waals surface area contributed by atoms with Gasteiger partial charge in [-0.25, -0.2) is 17.9 Å². The third kappa shape index (κ3) is 4.90. The van der Waals surface area contributed by atoms with Crippen molar-refractivity contribution in [2.75, 3.05) is 13.1 Å². The van der Waals surface area contributed by atoms with Gasteiger partial charge in [-0.05, 0) is 43.4 Å². The largest absolute Gasteiger partial charge is 0.350 e. The number of amides is 1. The lowest BCUT2D eigenvalue weighted by molar-refractivity contribution is -0.122. The molecule has 0 atom stereocenters. The molecule has 0 unspecified atom stereocenters. The first kappa shape index (κ1) is 21.8. The predicted molar refractivity (Wildman–Crippen MR) is 115 cm³/mol. The van der Waals surface area contributed by atoms with E-state index in [9.17, 15) is 18.0 Å². The van der Waals surface area contributed by atoms with E-state index in [4.69, 9.17) is 0 Å². The zero-order valence-corrected chi connectivity index (χ0v) is 18.4. The van der Waals surface area contributed by atoms with Crippen molar-refractivity contribution in [2.45, 2.75) is 69.5 Å². The Labute approximate surface area is 182 Å². The van der Waals surface area contributed by atoms with Gasteiger partial charge < -0.3 is 5.32 Å². The first-order chi connectivity index (χ1) is 14.9. The Morgan fingerprint density at radius 2 is 1.77 bits per heavy atom. The molecule has 4 rings (SSSR count). The summed E-state index contributed by atoms with van der Waals surface area (Å²) in [5, 5.41) is 7.09. The Morgan fingerprint density at radius 1 is 1.03 bits per heavy atom. The molecule has 0 radical (unpaired) electrons. The fraction of sp³-hybridized carbons (Fsp3) is 0.571. The number of rotatable bonds is 6. The Hall–Kier alpha value is -2.46. The molecule has 2 aromatic rings. The van der Waals surface area contributed by atoms with E-state index < -0.39 is 10.0 Å². The molecule has 1 N–H and O–H groups in total. The number of aromatic nitrogens is 3. The molecule has 1 aromatic heterocycles. The molecule has 1 aromatic carbocycles. The molecule has 1 fully saturated rings. The van der Waals surface area contributed by atoms with Crippen LogP contribution in [0.25, 0.3) is 0 Å². The van der Waals surface area contributed by atoms with Gasteiger partial charge >= 0.3 is 5.69 Å². The number of fused-ring (bicyclic) bond motifs is 1. The van der Waals surface area contributed by atoms with Crippen LogP contribution in [0.1, 0.15) is 49.9 Å². The molecule has 0 saturated carbocycles. The number of nitrogens with one attached hydrogen (secondary N) is 1. The van der Waals surface area contributed by atoms with Crippen LogP contribution in [-0.4, -0.2) is 46.1 Å². The van der Waals surface area contributed by atoms with E-state index >= 15 is 0 Å². The summed E-state index contributed by atoms with van der Waals surface area (Å²) in [5.41, 5.74) is 0.445. The summed E-state index contributed by atoms with van der Waals surface area (Å²) in [6, 6.07) is 6.66. The van der Waals surface area contributed by atoms with Crippen molar-refractivity contribution in [2.24, 2.45) is 0 Å². The van der Waals surface area contributed by atoms with E-state index in [-0.39, 0.29) is 29.6 Å². The third-order valence-corrected chi connectivity index (χ3v) is 7.81. The summed E-state index contributed by atoms with van der Waals surface area (Å²) < 4.78 is 30.1. The summed E-state index contributed by atoms with van der Waals surface area (Å²) in [4.78, 5) is 25.1. The minimum atomic E-state index is -3.52. The number of nitrogens with zero attached hydrogens (tertiary/aromatic N) is 4. The van der Waals surface area contributed by atoms with Crippen LogP contribution in [-0.2, 0) is 40.9 Å². The van der Waals surface area contributed by atoms with Crippen molar-refractivity contribution < 1.29 is 13.2 Å². The Kier molecular flexibility index (Phi) is 6.57. The molecule has 31 heavy (non-hydrogen) atoms. The van der Waals surface area contributed by atoms with Crippen LogP contribution < -0.4 is 11.0 Å². The van der Waals surface area contributed by atoms with Gasteiger partial charge in [-0.1, -0.05) is 25.0 Å². The lowest BCUT2D eigenvalue weighted by Gasteiger charge is -2.26. The fourth-order valence-electron chi connectivity index (χ4n) is 4.19. The second-order valence-corrected chi connectivity index (χ2v) is 10.1. The number of aryl methyl sites for hydroxylation is 1. The summed E-state index contributed by atoms with van der Waals surface area (Å²) in [6.07, 6.45) is 6.59. The maximum absolute atomic E-state index is 12.9. The quantitative estimate of drug-likeness (QED) is 0.718. The Bertz CT molecular complexity index is 1100. The number of piperidine rings is 1. The molecule has 2 aliphatic heterocycles. The van der Waals surface area contributed by atoms with Gasteiger partial charge in [0.05, 0.1) is 4.90 Å². The average molecular weight is 448 g/mol. The van der Waals surface area contributed by atoms with Gasteiger partial charge in [0.1, 0.15) is 12.4 Å². The number of benzene rings is 1. The van der Waals surface area contributed by atoms with Crippen LogP contribution >= 0.6 is 0 Å². The topological polar surface area (TPSA) is 106 Å². The molecular formula is C21H29N5O4S. The highest BCUT2D eigenvalue weighted by molar-refractivity contribution is 7.89. The SMILES string of the molecule is O=C(Cn1nc2n(c1=O)CCCCC2)NCc1cccc(S(=O)(=O)N2CCCCC2)c1. The zero-order valence-electron chi connectivity index (χ0n) is 17.6. The molecule has 1 saturated heterocycles. The van der Waals surface area contributed by atoms with Gasteiger partial charge in [-0.3, -0.25) is 9.36 Å². The molecule has 168 valence electrons. The average Bonchev–Trinajstić information content (AvgIpc) is 2.94. The van der Waals surface area contributed by atoms with Crippen molar-refractivity contribution in [3.8, 4) is 0 Å². The summed E-state index contributed by atoms with van der Waals surface area (Å²) >= 11 is 0. The summed E-state index contributed by atoms with van der Waals surface area (Å²) in [5.74, 6) is 0.408. The molecule has 9 nitrogen and oxygen atoms in total. The Morgan fingerprint density at radius 3 is 2.58 bits per heavy atom. The van der Waals surface area contributed by atoms with Crippen molar-refractivity contribution in [1.29, 1.82) is 0 Å². The molecule has 3 heterocycles. The molecule has 0 aliphatic carbocycles. The number of hydrogen-bond donors (Lipinski definition) is 1. The van der Waals surface area contributed by atoms with Gasteiger partial charge in [-0.2, -0.15) is 9.40 Å². The smallest absolute Gasteiger partial charge is 0.346 e. The molecule has 10 heteroatoms. The molecule has 0 spiro atoms. The maximum atomic E-state index is 12.9. The van der Waals surface area contributed by atoms with Gasteiger partial charge in [0.25, 0.3) is 0 Å². The minimum absolute atomic E-state index is 0.148. The van der Waals surface area contributed by atoms with Crippen LogP contribution in [0.4, 0.5) is 0 Å². The van der Waals surface area contributed by atoms with Crippen molar-refractivity contribution >= 4 is 15.9 Å². The summed E-state index contributed by atoms with van der Waals surface area (Å²) in [6.45, 7) is 1.78. The van der Waals surface area contributed by atoms with Crippen LogP contribution in [0.3, 0.4) is 0 Å². The second kappa shape index (κ2) is 9.35. The number of carbonyl (C=O) groups is 1. The first-order valence-electron chi connectivity index (χ1n) is 11.0. The predicted octanol–water partition coefficient (Wildman–Crippen LogP) is 1.26. The number of hydrogen-bond acceptors (Lipinski definition) is 5. The van der Waals surface area contributed by atoms with Crippen molar-refractivity contribution in [3.05, 3.63) is 46.1 Å². The van der Waals surface area contributed by atoms with E-state index in [0.717, 1.165) is 50.8 Å². The molecule has 0 bridgehead atoms. The van der Waals surface area contributed by atoms with Gasteiger partial charge in [-0.15, -0.1) is 0 Å². The van der Waals surface area contributed by atoms with Crippen molar-refractivity contribution in [3.63, 3.8) is 0 Å². The standard InChI is InChI=1S/C21H29N5O4S/c27-20(16-26-21(28)25-13-6-1-3-10-19(25)23-26)22-15-17-8-7-9-18(14-17)31(29,30)24-11-4-2-5-12-24/h7-9,14H,1-6,10-13,15-16H2,(H,22,27). The maximum Gasteiger partial charge on any atom is 0.346 e. The van der Waals surface area contributed by atoms with Crippen LogP contribution in [0.5, 0.6) is 0 Å². The lowest BCUT2D eigenvalue weighted by atomic mass is 10.2. The van der Waals surface area contributed by atoms with E-state index in [0.29, 0.717) is 25.2 Å². The highest BCUT2D eigenvalue weighted by Gasteiger charge is 2.26. The Balaban J connectivity index is 1.39. The van der Waals surface area contributed by atoms with Crippen LogP contribution in [0.2, 0.25) is 0 Å². The van der Waals surface area contributed by atoms with Gasteiger partial charge in [0, 0.05) is 32.6 Å². The zero-order chi connectivity index (χ0) is 21.8. The third-order valence-electron chi connectivity index (χ3n) is 5.92. The first-order valence-corrected chi connectivity index (χ1v) is 12.4. The summed E-state index contributed by atoms with van der Waals surface area (Å²) in [7, 11) is -3.52. The lowest BCUT2D eigenvalue weighted by Crippen LogP contribution is -2.35. The highest BCUT2D eigenvalue weighted by atomic mass is 32.2. The molecular weight excluding hydrogens is 418 g/mol. The fourth-order valence-corrected chi connectivity index (χ4v) is 5.78. The van der Waals surface area contributed by atoms with E-state index in [2.05, 4.69) is 10.4 Å². The van der Waals surface area contributed by atoms with Gasteiger partial charge in [0.15, 0.2) is 0 Å². The molecule has 2 aliphatic rings. The normalized spacial score (nSPS) is 17.7. The van der Waals surface area contributed by atoms with Crippen LogP contribution in [0.15, 0.2) is 34.0 Å². The monoisotopic (exact) mass is 447 g/mol. The van der Waals surface area contributed by atoms with E-state index in [1.807, 2.05) is 0 Å². The molecule has 1 amide bonds. The van der Waals surface area contributed by atoms with E-state index in [1.165, 1.54) is 8.99 Å². The second-order valence-electron chi connectivity index (χ2n) is 8.21. The number of carbonyl (C=O) groups excluding carboxylic acids is 1. The van der Waals surface area contributed by atoms with Crippen LogP contribution in [0, 0.1) is 0 Å². The van der Waals surface area contributed by atoms with E-state index in [1.54, 1.807) is 28.8 Å². The highest BCUT2D eigenvalue weighted by Crippen LogP contribution is 2.21. The minimum Gasteiger partial charge on any atom is -0.350 e. The van der Waals surface area contributed by atoms with Crippen molar-refractivity contribution in [1.82, 2.24) is 24.0 Å². The van der Waals surface area contributed by atoms with Gasteiger partial charge in [0.2, 0.25) is 15.9 Å².